The molecule has 1 aliphatic rings. The smallest absolute Gasteiger partial charge is 0.275 e. The summed E-state index contributed by atoms with van der Waals surface area (Å²) >= 11 is 0. The van der Waals surface area contributed by atoms with Crippen molar-refractivity contribution in [2.75, 3.05) is 51.7 Å². The molecule has 150 valence electrons. The van der Waals surface area contributed by atoms with E-state index in [9.17, 15) is 4.79 Å². The summed E-state index contributed by atoms with van der Waals surface area (Å²) in [6.07, 6.45) is 0. The van der Waals surface area contributed by atoms with Crippen LogP contribution < -0.4 is 20.0 Å². The van der Waals surface area contributed by atoms with Crippen molar-refractivity contribution in [3.05, 3.63) is 65.2 Å². The number of anilines is 1. The van der Waals surface area contributed by atoms with Crippen molar-refractivity contribution in [3.8, 4) is 0 Å². The molecule has 2 aromatic carbocycles. The predicted octanol–water partition coefficient (Wildman–Crippen LogP) is -0.339. The second kappa shape index (κ2) is 9.71. The first-order valence-electron chi connectivity index (χ1n) is 10.3. The maximum Gasteiger partial charge on any atom is 0.275 e. The zero-order valence-electron chi connectivity index (χ0n) is 17.4. The number of carbonyl (C=O) groups is 1. The summed E-state index contributed by atoms with van der Waals surface area (Å²) in [6.45, 7) is 8.84. The summed E-state index contributed by atoms with van der Waals surface area (Å²) in [4.78, 5) is 17.4. The van der Waals surface area contributed by atoms with E-state index in [0.29, 0.717) is 13.1 Å². The molecule has 1 amide bonds. The van der Waals surface area contributed by atoms with Crippen LogP contribution >= 0.6 is 0 Å². The van der Waals surface area contributed by atoms with E-state index in [1.54, 1.807) is 4.90 Å². The number of aryl methyl sites for hydroxylation is 1. The summed E-state index contributed by atoms with van der Waals surface area (Å²) in [5.41, 5.74) is 5.13. The highest BCUT2D eigenvalue weighted by Gasteiger charge is 2.25. The van der Waals surface area contributed by atoms with Crippen molar-refractivity contribution in [1.29, 1.82) is 0 Å². The van der Waals surface area contributed by atoms with Gasteiger partial charge in [-0.3, -0.25) is 4.79 Å². The van der Waals surface area contributed by atoms with E-state index in [-0.39, 0.29) is 5.91 Å². The van der Waals surface area contributed by atoms with Gasteiger partial charge >= 0.3 is 0 Å². The Morgan fingerprint density at radius 2 is 1.61 bits per heavy atom. The summed E-state index contributed by atoms with van der Waals surface area (Å²) in [7, 11) is 4.06. The number of hydrogen-bond donors (Lipinski definition) is 3. The lowest BCUT2D eigenvalue weighted by atomic mass is 10.1. The van der Waals surface area contributed by atoms with Crippen LogP contribution in [-0.2, 0) is 17.9 Å². The van der Waals surface area contributed by atoms with Gasteiger partial charge in [0.05, 0.1) is 0 Å². The lowest BCUT2D eigenvalue weighted by molar-refractivity contribution is -1.02. The third-order valence-electron chi connectivity index (χ3n) is 5.72. The van der Waals surface area contributed by atoms with Gasteiger partial charge in [0.2, 0.25) is 0 Å². The lowest BCUT2D eigenvalue weighted by Crippen LogP contribution is -3.28. The summed E-state index contributed by atoms with van der Waals surface area (Å²) in [5, 5.41) is 3.07. The summed E-state index contributed by atoms with van der Waals surface area (Å²) in [6, 6.07) is 17.0. The van der Waals surface area contributed by atoms with Crippen LogP contribution in [0.25, 0.3) is 0 Å². The normalized spacial score (nSPS) is 19.2. The predicted molar refractivity (Wildman–Crippen MR) is 114 cm³/mol. The van der Waals surface area contributed by atoms with Crippen molar-refractivity contribution in [1.82, 2.24) is 5.32 Å². The van der Waals surface area contributed by atoms with E-state index in [2.05, 4.69) is 65.7 Å². The Balaban J connectivity index is 1.38. The molecule has 0 spiro atoms. The van der Waals surface area contributed by atoms with E-state index in [0.717, 1.165) is 38.3 Å². The SMILES string of the molecule is Cc1ccccc1C[NH+]1CC[NH+](CC(=O)NCc2ccc(N(C)C)cc2)CC1. The minimum absolute atomic E-state index is 0.147. The lowest BCUT2D eigenvalue weighted by Gasteiger charge is -2.29. The molecule has 28 heavy (non-hydrogen) atoms. The fourth-order valence-electron chi connectivity index (χ4n) is 3.79. The third kappa shape index (κ3) is 5.81. The molecule has 0 saturated carbocycles. The Morgan fingerprint density at radius 1 is 0.964 bits per heavy atom. The van der Waals surface area contributed by atoms with E-state index >= 15 is 0 Å². The van der Waals surface area contributed by atoms with Crippen molar-refractivity contribution < 1.29 is 14.6 Å². The standard InChI is InChI=1S/C23H32N4O/c1-19-6-4-5-7-21(19)17-26-12-14-27(15-13-26)18-23(28)24-16-20-8-10-22(11-9-20)25(2)3/h4-11H,12-18H2,1-3H3,(H,24,28)/p+2. The molecule has 0 aliphatic carbocycles. The number of benzene rings is 2. The number of amides is 1. The molecule has 1 aliphatic heterocycles. The fourth-order valence-corrected chi connectivity index (χ4v) is 3.79. The van der Waals surface area contributed by atoms with Gasteiger partial charge < -0.3 is 20.0 Å². The van der Waals surface area contributed by atoms with Gasteiger partial charge in [-0.15, -0.1) is 0 Å². The van der Waals surface area contributed by atoms with E-state index in [1.165, 1.54) is 21.7 Å². The zero-order valence-corrected chi connectivity index (χ0v) is 17.4. The van der Waals surface area contributed by atoms with Gasteiger partial charge in [0.1, 0.15) is 32.7 Å². The quantitative estimate of drug-likeness (QED) is 0.613. The van der Waals surface area contributed by atoms with Crippen LogP contribution in [0.3, 0.4) is 0 Å². The first kappa shape index (κ1) is 20.4. The maximum atomic E-state index is 12.3. The molecular formula is C23H34N4O+2. The van der Waals surface area contributed by atoms with Gasteiger partial charge in [-0.2, -0.15) is 0 Å². The van der Waals surface area contributed by atoms with Crippen molar-refractivity contribution in [2.45, 2.75) is 20.0 Å². The van der Waals surface area contributed by atoms with E-state index in [1.807, 2.05) is 14.1 Å². The maximum absolute atomic E-state index is 12.3. The van der Waals surface area contributed by atoms with E-state index in [4.69, 9.17) is 0 Å². The van der Waals surface area contributed by atoms with Crippen LogP contribution in [0.2, 0.25) is 0 Å². The van der Waals surface area contributed by atoms with Crippen molar-refractivity contribution in [2.24, 2.45) is 0 Å². The van der Waals surface area contributed by atoms with Crippen LogP contribution in [0, 0.1) is 6.92 Å². The molecule has 1 saturated heterocycles. The zero-order chi connectivity index (χ0) is 19.9. The largest absolute Gasteiger partial charge is 0.378 e. The molecule has 1 fully saturated rings. The third-order valence-corrected chi connectivity index (χ3v) is 5.72. The topological polar surface area (TPSA) is 41.2 Å². The Morgan fingerprint density at radius 3 is 2.25 bits per heavy atom. The molecule has 0 radical (unpaired) electrons. The highest BCUT2D eigenvalue weighted by atomic mass is 16.2. The Hall–Kier alpha value is -2.37. The van der Waals surface area contributed by atoms with Gasteiger partial charge in [0.15, 0.2) is 6.54 Å². The van der Waals surface area contributed by atoms with Crippen LogP contribution in [0.15, 0.2) is 48.5 Å². The monoisotopic (exact) mass is 382 g/mol. The van der Waals surface area contributed by atoms with Crippen LogP contribution in [0.4, 0.5) is 5.69 Å². The number of carbonyl (C=O) groups excluding carboxylic acids is 1. The molecule has 0 unspecified atom stereocenters. The number of nitrogens with one attached hydrogen (secondary N) is 3. The van der Waals surface area contributed by atoms with Crippen LogP contribution in [0.5, 0.6) is 0 Å². The average molecular weight is 383 g/mol. The van der Waals surface area contributed by atoms with Gasteiger partial charge in [-0.25, -0.2) is 0 Å². The molecular weight excluding hydrogens is 348 g/mol. The molecule has 0 atom stereocenters. The number of nitrogens with zero attached hydrogens (tertiary/aromatic N) is 1. The van der Waals surface area contributed by atoms with Gasteiger partial charge in [0.25, 0.3) is 5.91 Å². The Kier molecular flexibility index (Phi) is 7.06. The molecule has 5 nitrogen and oxygen atoms in total. The molecule has 0 bridgehead atoms. The molecule has 3 N–H and O–H groups in total. The summed E-state index contributed by atoms with van der Waals surface area (Å²) in [5.74, 6) is 0.147. The Labute approximate surface area is 168 Å². The second-order valence-corrected chi connectivity index (χ2v) is 8.12. The molecule has 2 aromatic rings. The number of rotatable bonds is 7. The van der Waals surface area contributed by atoms with Gasteiger partial charge in [-0.1, -0.05) is 36.4 Å². The number of hydrogen-bond acceptors (Lipinski definition) is 2. The van der Waals surface area contributed by atoms with Gasteiger partial charge in [0, 0.05) is 31.9 Å². The minimum Gasteiger partial charge on any atom is -0.378 e. The highest BCUT2D eigenvalue weighted by molar-refractivity contribution is 5.76. The van der Waals surface area contributed by atoms with Crippen LogP contribution in [-0.4, -0.2) is 52.7 Å². The first-order valence-corrected chi connectivity index (χ1v) is 10.3. The number of piperazine rings is 1. The number of quaternary nitrogens is 2. The summed E-state index contributed by atoms with van der Waals surface area (Å²) < 4.78 is 0. The van der Waals surface area contributed by atoms with Crippen molar-refractivity contribution in [3.63, 3.8) is 0 Å². The molecule has 0 aromatic heterocycles. The van der Waals surface area contributed by atoms with Gasteiger partial charge in [-0.05, 0) is 30.2 Å². The first-order chi connectivity index (χ1) is 13.5. The minimum atomic E-state index is 0.147. The highest BCUT2D eigenvalue weighted by Crippen LogP contribution is 2.11. The molecule has 3 rings (SSSR count). The van der Waals surface area contributed by atoms with Crippen LogP contribution in [0.1, 0.15) is 16.7 Å². The second-order valence-electron chi connectivity index (χ2n) is 8.12. The fraction of sp³-hybridized carbons (Fsp3) is 0.435. The molecule has 1 heterocycles. The average Bonchev–Trinajstić information content (AvgIpc) is 2.70. The Bertz CT molecular complexity index is 764. The van der Waals surface area contributed by atoms with E-state index < -0.39 is 0 Å². The van der Waals surface area contributed by atoms with Crippen molar-refractivity contribution >= 4 is 11.6 Å². The molecule has 5 heteroatoms.